The number of hydrogen-bond donors (Lipinski definition) is 5. The maximum Gasteiger partial charge on any atom is 0.267 e. The number of rotatable bonds is 7. The number of hydroxylamine groups is 1. The molecule has 2 aromatic rings. The molecule has 6 N–H and O–H groups in total. The van der Waals surface area contributed by atoms with Gasteiger partial charge < -0.3 is 16.4 Å². The minimum atomic E-state index is -1.03. The van der Waals surface area contributed by atoms with E-state index in [1.807, 2.05) is 24.3 Å². The summed E-state index contributed by atoms with van der Waals surface area (Å²) >= 11 is 0. The maximum absolute atomic E-state index is 12.3. The summed E-state index contributed by atoms with van der Waals surface area (Å²) < 4.78 is 0. The van der Waals surface area contributed by atoms with Crippen molar-refractivity contribution in [3.8, 4) is 11.8 Å². The smallest absolute Gasteiger partial charge is 0.267 e. The van der Waals surface area contributed by atoms with Crippen molar-refractivity contribution in [2.45, 2.75) is 31.7 Å². The van der Waals surface area contributed by atoms with Crippen LogP contribution in [0.15, 0.2) is 48.5 Å². The Balaban J connectivity index is 1.53. The van der Waals surface area contributed by atoms with Crippen LogP contribution in [0.3, 0.4) is 0 Å². The van der Waals surface area contributed by atoms with Gasteiger partial charge in [-0.15, -0.1) is 0 Å². The first-order valence-electron chi connectivity index (χ1n) is 11.7. The number of nitrogens with one attached hydrogen (secondary N) is 3. The van der Waals surface area contributed by atoms with Crippen LogP contribution in [-0.4, -0.2) is 60.0 Å². The average Bonchev–Trinajstić information content (AvgIpc) is 3.15. The normalized spacial score (nSPS) is 14.6. The number of carbonyl (C=O) groups is 3. The zero-order chi connectivity index (χ0) is 25.0. The van der Waals surface area contributed by atoms with Crippen LogP contribution in [0.25, 0.3) is 0 Å². The Hall–Kier alpha value is -3.71. The van der Waals surface area contributed by atoms with E-state index in [1.165, 1.54) is 18.3 Å². The molecule has 35 heavy (non-hydrogen) atoms. The summed E-state index contributed by atoms with van der Waals surface area (Å²) in [5.41, 5.74) is 9.48. The van der Waals surface area contributed by atoms with Crippen molar-refractivity contribution in [1.82, 2.24) is 15.7 Å². The molecule has 1 aliphatic heterocycles. The van der Waals surface area contributed by atoms with Crippen LogP contribution in [0.4, 0.5) is 5.69 Å². The van der Waals surface area contributed by atoms with Crippen LogP contribution >= 0.6 is 0 Å². The third kappa shape index (κ3) is 8.22. The highest BCUT2D eigenvalue weighted by Crippen LogP contribution is 2.12. The van der Waals surface area contributed by atoms with E-state index in [4.69, 9.17) is 10.9 Å². The van der Waals surface area contributed by atoms with Gasteiger partial charge in [-0.2, -0.15) is 0 Å². The van der Waals surface area contributed by atoms with Gasteiger partial charge >= 0.3 is 0 Å². The Bertz CT molecular complexity index is 1070. The summed E-state index contributed by atoms with van der Waals surface area (Å²) in [6, 6.07) is 12.9. The molecule has 0 bridgehead atoms. The first-order chi connectivity index (χ1) is 17.0. The van der Waals surface area contributed by atoms with Crippen molar-refractivity contribution in [3.63, 3.8) is 0 Å². The molecule has 2 aromatic carbocycles. The van der Waals surface area contributed by atoms with Crippen molar-refractivity contribution in [2.75, 3.05) is 31.5 Å². The topological polar surface area (TPSA) is 137 Å². The quantitative estimate of drug-likeness (QED) is 0.233. The van der Waals surface area contributed by atoms with Gasteiger partial charge in [-0.3, -0.25) is 24.5 Å². The monoisotopic (exact) mass is 477 g/mol. The van der Waals surface area contributed by atoms with Crippen LogP contribution in [0, 0.1) is 11.8 Å². The zero-order valence-corrected chi connectivity index (χ0v) is 19.5. The molecular weight excluding hydrogens is 446 g/mol. The summed E-state index contributed by atoms with van der Waals surface area (Å²) in [5.74, 6) is 4.81. The molecule has 0 spiro atoms. The van der Waals surface area contributed by atoms with Gasteiger partial charge in [0.1, 0.15) is 6.04 Å². The van der Waals surface area contributed by atoms with Crippen molar-refractivity contribution in [1.29, 1.82) is 0 Å². The minimum Gasteiger partial charge on any atom is -0.339 e. The molecule has 3 rings (SSSR count). The van der Waals surface area contributed by atoms with Crippen LogP contribution in [-0.2, 0) is 9.59 Å². The molecule has 9 heteroatoms. The molecule has 1 saturated heterocycles. The van der Waals surface area contributed by atoms with Gasteiger partial charge in [0.05, 0.1) is 6.54 Å². The Labute approximate surface area is 205 Å². The van der Waals surface area contributed by atoms with Gasteiger partial charge in [-0.1, -0.05) is 24.7 Å². The largest absolute Gasteiger partial charge is 0.339 e. The van der Waals surface area contributed by atoms with Crippen molar-refractivity contribution in [3.05, 3.63) is 65.2 Å². The second-order valence-electron chi connectivity index (χ2n) is 8.38. The summed E-state index contributed by atoms with van der Waals surface area (Å²) in [6.45, 7) is 2.21. The number of amides is 3. The summed E-state index contributed by atoms with van der Waals surface area (Å²) in [7, 11) is 0. The second kappa shape index (κ2) is 13.2. The van der Waals surface area contributed by atoms with E-state index < -0.39 is 17.9 Å². The fraction of sp³-hybridized carbons (Fsp3) is 0.346. The minimum absolute atomic E-state index is 0.00960. The number of nitrogens with zero attached hydrogens (tertiary/aromatic N) is 1. The number of anilines is 1. The number of nitrogens with two attached hydrogens (primary N) is 1. The number of benzene rings is 2. The van der Waals surface area contributed by atoms with E-state index in [-0.39, 0.29) is 12.5 Å². The summed E-state index contributed by atoms with van der Waals surface area (Å²) in [5, 5.41) is 14.1. The Kier molecular flexibility index (Phi) is 9.80. The molecule has 0 saturated carbocycles. The van der Waals surface area contributed by atoms with Gasteiger partial charge in [0.25, 0.3) is 11.8 Å². The number of carbonyl (C=O) groups excluding carboxylic acids is 3. The van der Waals surface area contributed by atoms with Crippen LogP contribution in [0.2, 0.25) is 0 Å². The predicted octanol–water partition coefficient (Wildman–Crippen LogP) is 1.46. The molecule has 1 heterocycles. The number of likely N-dealkylation sites (tertiary alicyclic amines) is 1. The molecule has 9 nitrogen and oxygen atoms in total. The van der Waals surface area contributed by atoms with Crippen LogP contribution in [0.5, 0.6) is 0 Å². The van der Waals surface area contributed by atoms with Crippen LogP contribution in [0.1, 0.15) is 47.2 Å². The Morgan fingerprint density at radius 1 is 0.914 bits per heavy atom. The fourth-order valence-electron chi connectivity index (χ4n) is 3.74. The standard InChI is InChI=1S/C26H31N5O4/c27-17-23(26(34)30-35)29-25(33)21-11-7-19(8-12-21)5-6-20-9-13-22(14-10-20)28-24(32)18-31-15-3-1-2-4-16-31/h7-14,23,35H,1-4,15-18,27H2,(H,28,32)(H,29,33)(H,30,34)/t23-/m0/s1. The second-order valence-corrected chi connectivity index (χ2v) is 8.38. The predicted molar refractivity (Wildman–Crippen MR) is 133 cm³/mol. The highest BCUT2D eigenvalue weighted by molar-refractivity contribution is 5.97. The van der Waals surface area contributed by atoms with Crippen LogP contribution < -0.4 is 21.8 Å². The van der Waals surface area contributed by atoms with E-state index >= 15 is 0 Å². The van der Waals surface area contributed by atoms with E-state index in [9.17, 15) is 14.4 Å². The lowest BCUT2D eigenvalue weighted by Gasteiger charge is -2.18. The Morgan fingerprint density at radius 2 is 1.49 bits per heavy atom. The van der Waals surface area contributed by atoms with Crippen molar-refractivity contribution < 1.29 is 19.6 Å². The lowest BCUT2D eigenvalue weighted by atomic mass is 10.1. The molecule has 0 unspecified atom stereocenters. The SMILES string of the molecule is NC[C@H](NC(=O)c1ccc(C#Cc2ccc(NC(=O)CN3CCCCCC3)cc2)cc1)C(=O)NO. The Morgan fingerprint density at radius 3 is 2.03 bits per heavy atom. The highest BCUT2D eigenvalue weighted by atomic mass is 16.5. The zero-order valence-electron chi connectivity index (χ0n) is 19.5. The van der Waals surface area contributed by atoms with Crippen molar-refractivity contribution >= 4 is 23.4 Å². The van der Waals surface area contributed by atoms with E-state index in [0.29, 0.717) is 17.7 Å². The lowest BCUT2D eigenvalue weighted by Crippen LogP contribution is -2.50. The summed E-state index contributed by atoms with van der Waals surface area (Å²) in [4.78, 5) is 38.3. The molecule has 0 aliphatic carbocycles. The molecule has 1 atom stereocenters. The van der Waals surface area contributed by atoms with E-state index in [0.717, 1.165) is 37.2 Å². The molecule has 0 aromatic heterocycles. The third-order valence-corrected chi connectivity index (χ3v) is 5.70. The molecule has 1 fully saturated rings. The van der Waals surface area contributed by atoms with Crippen molar-refractivity contribution in [2.24, 2.45) is 5.73 Å². The molecule has 0 radical (unpaired) electrons. The van der Waals surface area contributed by atoms with Gasteiger partial charge in [-0.05, 0) is 74.5 Å². The average molecular weight is 478 g/mol. The third-order valence-electron chi connectivity index (χ3n) is 5.70. The van der Waals surface area contributed by atoms with Gasteiger partial charge in [0.15, 0.2) is 0 Å². The first-order valence-corrected chi connectivity index (χ1v) is 11.7. The van der Waals surface area contributed by atoms with E-state index in [1.54, 1.807) is 24.3 Å². The van der Waals surface area contributed by atoms with E-state index in [2.05, 4.69) is 27.4 Å². The van der Waals surface area contributed by atoms with Gasteiger partial charge in [0.2, 0.25) is 5.91 Å². The molecule has 184 valence electrons. The highest BCUT2D eigenvalue weighted by Gasteiger charge is 2.19. The lowest BCUT2D eigenvalue weighted by molar-refractivity contribution is -0.130. The van der Waals surface area contributed by atoms with Gasteiger partial charge in [0, 0.05) is 28.9 Å². The molecule has 3 amide bonds. The molecular formula is C26H31N5O4. The first kappa shape index (κ1) is 25.9. The maximum atomic E-state index is 12.3. The fourth-order valence-corrected chi connectivity index (χ4v) is 3.74. The van der Waals surface area contributed by atoms with Gasteiger partial charge in [-0.25, -0.2) is 5.48 Å². The molecule has 1 aliphatic rings. The summed E-state index contributed by atoms with van der Waals surface area (Å²) in [6.07, 6.45) is 4.77. The number of hydrogen-bond acceptors (Lipinski definition) is 6.